The maximum absolute atomic E-state index is 12.1. The highest BCUT2D eigenvalue weighted by molar-refractivity contribution is 7.89. The van der Waals surface area contributed by atoms with Crippen LogP contribution in [0, 0.1) is 0 Å². The molecular weight excluding hydrogens is 400 g/mol. The summed E-state index contributed by atoms with van der Waals surface area (Å²) >= 11 is 0. The highest BCUT2D eigenvalue weighted by atomic mass is 32.2. The van der Waals surface area contributed by atoms with Crippen molar-refractivity contribution in [1.29, 1.82) is 0 Å². The van der Waals surface area contributed by atoms with E-state index in [4.69, 9.17) is 19.3 Å². The molecule has 0 atom stereocenters. The number of hydrogen-bond donors (Lipinski definition) is 2. The molecule has 2 aromatic rings. The molecule has 0 aliphatic heterocycles. The molecule has 0 aliphatic carbocycles. The largest absolute Gasteiger partial charge is 0.493 e. The van der Waals surface area contributed by atoms with Gasteiger partial charge in [-0.3, -0.25) is 4.79 Å². The second-order valence-corrected chi connectivity index (χ2v) is 7.50. The van der Waals surface area contributed by atoms with E-state index in [2.05, 4.69) is 5.32 Å². The minimum absolute atomic E-state index is 0.0207. The van der Waals surface area contributed by atoms with Crippen LogP contribution < -0.4 is 19.9 Å². The van der Waals surface area contributed by atoms with Gasteiger partial charge in [0.15, 0.2) is 18.1 Å². The molecule has 0 aromatic heterocycles. The molecule has 29 heavy (non-hydrogen) atoms. The van der Waals surface area contributed by atoms with Crippen LogP contribution in [0.15, 0.2) is 47.4 Å². The smallest absolute Gasteiger partial charge is 0.338 e. The Morgan fingerprint density at radius 2 is 1.66 bits per heavy atom. The van der Waals surface area contributed by atoms with Gasteiger partial charge >= 0.3 is 5.97 Å². The molecule has 0 saturated heterocycles. The van der Waals surface area contributed by atoms with Crippen molar-refractivity contribution < 1.29 is 32.2 Å². The molecule has 9 nitrogen and oxygen atoms in total. The topological polar surface area (TPSA) is 134 Å². The van der Waals surface area contributed by atoms with Crippen molar-refractivity contribution in [2.75, 3.05) is 27.4 Å². The number of nitrogens with two attached hydrogens (primary N) is 1. The third-order valence-corrected chi connectivity index (χ3v) is 4.87. The van der Waals surface area contributed by atoms with Gasteiger partial charge < -0.3 is 19.5 Å². The van der Waals surface area contributed by atoms with Crippen LogP contribution in [0.1, 0.15) is 15.9 Å². The number of ether oxygens (including phenoxy) is 3. The van der Waals surface area contributed by atoms with Gasteiger partial charge in [-0.05, 0) is 42.3 Å². The third kappa shape index (κ3) is 6.47. The lowest BCUT2D eigenvalue weighted by atomic mass is 10.1. The lowest BCUT2D eigenvalue weighted by Crippen LogP contribution is -2.30. The van der Waals surface area contributed by atoms with Crippen molar-refractivity contribution >= 4 is 21.9 Å². The summed E-state index contributed by atoms with van der Waals surface area (Å²) in [5.41, 5.74) is 1.05. The van der Waals surface area contributed by atoms with E-state index in [1.165, 1.54) is 38.5 Å². The summed E-state index contributed by atoms with van der Waals surface area (Å²) < 4.78 is 37.6. The highest BCUT2D eigenvalue weighted by Gasteiger charge is 2.13. The van der Waals surface area contributed by atoms with E-state index in [1.807, 2.05) is 0 Å². The Bertz CT molecular complexity index is 973. The first-order chi connectivity index (χ1) is 13.7. The standard InChI is InChI=1S/C19H22N2O7S/c1-26-16-8-5-14(11-17(16)27-2)19(23)28-12-18(22)21-10-9-13-3-6-15(7-4-13)29(20,24)25/h3-8,11H,9-10,12H2,1-2H3,(H,21,22)(H2,20,24,25). The zero-order valence-electron chi connectivity index (χ0n) is 16.0. The summed E-state index contributed by atoms with van der Waals surface area (Å²) in [5, 5.41) is 7.66. The van der Waals surface area contributed by atoms with Crippen LogP contribution in [0.5, 0.6) is 11.5 Å². The first-order valence-corrected chi connectivity index (χ1v) is 10.1. The fraction of sp³-hybridized carbons (Fsp3) is 0.263. The maximum atomic E-state index is 12.1. The number of carbonyl (C=O) groups is 2. The number of benzene rings is 2. The molecule has 156 valence electrons. The molecule has 2 rings (SSSR count). The number of methoxy groups -OCH3 is 2. The number of esters is 1. The van der Waals surface area contributed by atoms with Gasteiger partial charge in [0.25, 0.3) is 5.91 Å². The molecule has 0 radical (unpaired) electrons. The molecule has 0 spiro atoms. The van der Waals surface area contributed by atoms with Gasteiger partial charge in [0.2, 0.25) is 10.0 Å². The first-order valence-electron chi connectivity index (χ1n) is 8.52. The zero-order chi connectivity index (χ0) is 21.4. The normalized spacial score (nSPS) is 10.9. The number of sulfonamides is 1. The first kappa shape index (κ1) is 22.2. The second-order valence-electron chi connectivity index (χ2n) is 5.93. The molecule has 0 heterocycles. The molecule has 3 N–H and O–H groups in total. The molecule has 10 heteroatoms. The summed E-state index contributed by atoms with van der Waals surface area (Å²) in [6, 6.07) is 10.6. The van der Waals surface area contributed by atoms with E-state index in [-0.39, 0.29) is 10.5 Å². The minimum atomic E-state index is -3.73. The molecule has 0 bridgehead atoms. The van der Waals surface area contributed by atoms with Crippen LogP contribution in [0.25, 0.3) is 0 Å². The van der Waals surface area contributed by atoms with E-state index in [9.17, 15) is 18.0 Å². The number of hydrogen-bond acceptors (Lipinski definition) is 7. The summed E-state index contributed by atoms with van der Waals surface area (Å²) in [6.45, 7) is -0.140. The van der Waals surface area contributed by atoms with E-state index in [1.54, 1.807) is 18.2 Å². The average molecular weight is 422 g/mol. The summed E-state index contributed by atoms with van der Waals surface area (Å²) in [6.07, 6.45) is 0.472. The number of nitrogens with one attached hydrogen (secondary N) is 1. The van der Waals surface area contributed by atoms with Crippen LogP contribution >= 0.6 is 0 Å². The zero-order valence-corrected chi connectivity index (χ0v) is 16.8. The molecule has 2 aromatic carbocycles. The Labute approximate surface area is 168 Å². The fourth-order valence-corrected chi connectivity index (χ4v) is 2.94. The molecule has 0 aliphatic rings. The van der Waals surface area contributed by atoms with Crippen LogP contribution in [0.2, 0.25) is 0 Å². The summed E-state index contributed by atoms with van der Waals surface area (Å²) in [4.78, 5) is 23.9. The quantitative estimate of drug-likeness (QED) is 0.573. The van der Waals surface area contributed by atoms with E-state index >= 15 is 0 Å². The van der Waals surface area contributed by atoms with E-state index < -0.39 is 28.5 Å². The monoisotopic (exact) mass is 422 g/mol. The Balaban J connectivity index is 1.79. The van der Waals surface area contributed by atoms with Gasteiger partial charge in [0, 0.05) is 6.54 Å². The second kappa shape index (κ2) is 9.89. The van der Waals surface area contributed by atoms with Crippen LogP contribution in [0.3, 0.4) is 0 Å². The predicted molar refractivity (Wildman–Crippen MR) is 104 cm³/mol. The van der Waals surface area contributed by atoms with Gasteiger partial charge in [-0.25, -0.2) is 18.4 Å². The Kier molecular flexibility index (Phi) is 7.57. The lowest BCUT2D eigenvalue weighted by Gasteiger charge is -2.10. The Morgan fingerprint density at radius 3 is 2.24 bits per heavy atom. The van der Waals surface area contributed by atoms with Crippen molar-refractivity contribution in [2.45, 2.75) is 11.3 Å². The van der Waals surface area contributed by atoms with Crippen molar-refractivity contribution in [3.8, 4) is 11.5 Å². The summed E-state index contributed by atoms with van der Waals surface area (Å²) in [7, 11) is -0.805. The number of carbonyl (C=O) groups excluding carboxylic acids is 2. The van der Waals surface area contributed by atoms with Gasteiger partial charge in [0.1, 0.15) is 0 Å². The SMILES string of the molecule is COc1ccc(C(=O)OCC(=O)NCCc2ccc(S(N)(=O)=O)cc2)cc1OC. The van der Waals surface area contributed by atoms with E-state index in [0.717, 1.165) is 5.56 Å². The van der Waals surface area contributed by atoms with Crippen LogP contribution in [-0.4, -0.2) is 47.7 Å². The minimum Gasteiger partial charge on any atom is -0.493 e. The number of amides is 1. The Morgan fingerprint density at radius 1 is 1.00 bits per heavy atom. The van der Waals surface area contributed by atoms with Crippen LogP contribution in [0.4, 0.5) is 0 Å². The highest BCUT2D eigenvalue weighted by Crippen LogP contribution is 2.27. The van der Waals surface area contributed by atoms with Gasteiger partial charge in [0.05, 0.1) is 24.7 Å². The van der Waals surface area contributed by atoms with Gasteiger partial charge in [-0.15, -0.1) is 0 Å². The molecule has 1 amide bonds. The number of rotatable bonds is 9. The van der Waals surface area contributed by atoms with Crippen LogP contribution in [-0.2, 0) is 26.0 Å². The maximum Gasteiger partial charge on any atom is 0.338 e. The van der Waals surface area contributed by atoms with Crippen molar-refractivity contribution in [2.24, 2.45) is 5.14 Å². The molecule has 0 fully saturated rings. The van der Waals surface area contributed by atoms with Crippen molar-refractivity contribution in [3.05, 3.63) is 53.6 Å². The van der Waals surface area contributed by atoms with Crippen molar-refractivity contribution in [3.63, 3.8) is 0 Å². The van der Waals surface area contributed by atoms with Crippen molar-refractivity contribution in [1.82, 2.24) is 5.32 Å². The van der Waals surface area contributed by atoms with Gasteiger partial charge in [-0.1, -0.05) is 12.1 Å². The third-order valence-electron chi connectivity index (χ3n) is 3.94. The fourth-order valence-electron chi connectivity index (χ4n) is 2.42. The van der Waals surface area contributed by atoms with Gasteiger partial charge in [-0.2, -0.15) is 0 Å². The number of primary sulfonamides is 1. The molecule has 0 saturated carbocycles. The average Bonchev–Trinajstić information content (AvgIpc) is 2.71. The molecular formula is C19H22N2O7S. The predicted octanol–water partition coefficient (Wildman–Crippen LogP) is 0.867. The molecule has 0 unspecified atom stereocenters. The Hall–Kier alpha value is -3.11. The lowest BCUT2D eigenvalue weighted by molar-refractivity contribution is -0.124. The summed E-state index contributed by atoms with van der Waals surface area (Å²) in [5.74, 6) is -0.279. The van der Waals surface area contributed by atoms with E-state index in [0.29, 0.717) is 24.5 Å².